The fourth-order valence-electron chi connectivity index (χ4n) is 2.77. The Morgan fingerprint density at radius 1 is 1.55 bits per heavy atom. The van der Waals surface area contributed by atoms with Gasteiger partial charge < -0.3 is 21.7 Å². The molecule has 0 radical (unpaired) electrons. The number of carbonyl (C=O) groups excluding carboxylic acids is 2. The largest absolute Gasteiger partial charge is 0.352 e. The van der Waals surface area contributed by atoms with Gasteiger partial charge in [-0.25, -0.2) is 4.79 Å². The number of piperidine rings is 1. The zero-order valence-corrected chi connectivity index (χ0v) is 13.9. The number of nitrogens with two attached hydrogens (primary N) is 2. The first-order chi connectivity index (χ1) is 10.3. The monoisotopic (exact) mass is 324 g/mol. The van der Waals surface area contributed by atoms with Crippen LogP contribution < -0.4 is 16.8 Å². The Balaban J connectivity index is 2.04. The van der Waals surface area contributed by atoms with Crippen molar-refractivity contribution in [2.24, 2.45) is 16.9 Å². The minimum absolute atomic E-state index is 0.0205. The molecule has 1 fully saturated rings. The standard InChI is InChI=1S/C15H24N4O2S/c1-15(2)9-19(6-5-12(15)16)13(20)8-10(18-14(17)21)11-4-3-7-22-11/h3-4,7,10,12H,5-6,8-9,16H2,1-2H3,(H3,17,18,21). The van der Waals surface area contributed by atoms with Crippen LogP contribution in [0.2, 0.25) is 0 Å². The number of hydrogen-bond donors (Lipinski definition) is 3. The van der Waals surface area contributed by atoms with Gasteiger partial charge in [-0.15, -0.1) is 11.3 Å². The molecular formula is C15H24N4O2S. The van der Waals surface area contributed by atoms with Gasteiger partial charge in [-0.1, -0.05) is 19.9 Å². The summed E-state index contributed by atoms with van der Waals surface area (Å²) in [6, 6.07) is 2.90. The van der Waals surface area contributed by atoms with Crippen LogP contribution in [0.5, 0.6) is 0 Å². The summed E-state index contributed by atoms with van der Waals surface area (Å²) in [5.41, 5.74) is 11.2. The Morgan fingerprint density at radius 3 is 2.82 bits per heavy atom. The molecule has 122 valence electrons. The third-order valence-electron chi connectivity index (χ3n) is 4.25. The van der Waals surface area contributed by atoms with Crippen molar-refractivity contribution in [1.29, 1.82) is 0 Å². The molecular weight excluding hydrogens is 300 g/mol. The minimum atomic E-state index is -0.618. The summed E-state index contributed by atoms with van der Waals surface area (Å²) >= 11 is 1.50. The molecule has 0 bridgehead atoms. The molecule has 2 heterocycles. The topological polar surface area (TPSA) is 101 Å². The highest BCUT2D eigenvalue weighted by atomic mass is 32.1. The average molecular weight is 324 g/mol. The van der Waals surface area contributed by atoms with Gasteiger partial charge in [0.1, 0.15) is 0 Å². The first-order valence-electron chi connectivity index (χ1n) is 7.42. The van der Waals surface area contributed by atoms with E-state index in [4.69, 9.17) is 11.5 Å². The van der Waals surface area contributed by atoms with Crippen molar-refractivity contribution in [2.45, 2.75) is 38.8 Å². The molecule has 1 aromatic heterocycles. The number of rotatable bonds is 4. The Labute approximate surface area is 134 Å². The van der Waals surface area contributed by atoms with Gasteiger partial charge in [0.2, 0.25) is 5.91 Å². The van der Waals surface area contributed by atoms with Crippen LogP contribution >= 0.6 is 11.3 Å². The van der Waals surface area contributed by atoms with E-state index in [0.717, 1.165) is 11.3 Å². The van der Waals surface area contributed by atoms with Crippen LogP contribution in [0.4, 0.5) is 4.79 Å². The van der Waals surface area contributed by atoms with Gasteiger partial charge in [-0.05, 0) is 23.3 Å². The summed E-state index contributed by atoms with van der Waals surface area (Å²) in [5, 5.41) is 4.57. The smallest absolute Gasteiger partial charge is 0.312 e. The summed E-state index contributed by atoms with van der Waals surface area (Å²) in [4.78, 5) is 26.5. The number of urea groups is 1. The molecule has 22 heavy (non-hydrogen) atoms. The SMILES string of the molecule is CC1(C)CN(C(=O)CC(NC(N)=O)c2cccs2)CCC1N. The molecule has 2 rings (SSSR count). The van der Waals surface area contributed by atoms with E-state index >= 15 is 0 Å². The molecule has 1 aromatic rings. The second-order valence-corrected chi connectivity index (χ2v) is 7.46. The van der Waals surface area contributed by atoms with Crippen LogP contribution in [0.25, 0.3) is 0 Å². The molecule has 0 aromatic carbocycles. The van der Waals surface area contributed by atoms with E-state index in [2.05, 4.69) is 19.2 Å². The van der Waals surface area contributed by atoms with Gasteiger partial charge in [0, 0.05) is 24.0 Å². The van der Waals surface area contributed by atoms with Crippen molar-refractivity contribution in [3.05, 3.63) is 22.4 Å². The molecule has 0 aliphatic carbocycles. The first-order valence-corrected chi connectivity index (χ1v) is 8.30. The molecule has 3 amide bonds. The number of likely N-dealkylation sites (tertiary alicyclic amines) is 1. The molecule has 1 saturated heterocycles. The van der Waals surface area contributed by atoms with Crippen LogP contribution in [-0.2, 0) is 4.79 Å². The number of thiophene rings is 1. The number of amides is 3. The number of primary amides is 1. The van der Waals surface area contributed by atoms with Crippen LogP contribution in [0.1, 0.15) is 37.6 Å². The zero-order chi connectivity index (χ0) is 16.3. The van der Waals surface area contributed by atoms with Gasteiger partial charge >= 0.3 is 6.03 Å². The number of carbonyl (C=O) groups is 2. The fraction of sp³-hybridized carbons (Fsp3) is 0.600. The highest BCUT2D eigenvalue weighted by Crippen LogP contribution is 2.29. The van der Waals surface area contributed by atoms with E-state index in [1.54, 1.807) is 0 Å². The van der Waals surface area contributed by atoms with Crippen molar-refractivity contribution < 1.29 is 9.59 Å². The summed E-state index contributed by atoms with van der Waals surface area (Å²) < 4.78 is 0. The lowest BCUT2D eigenvalue weighted by Crippen LogP contribution is -2.54. The predicted octanol–water partition coefficient (Wildman–Crippen LogP) is 1.43. The number of nitrogens with zero attached hydrogens (tertiary/aromatic N) is 1. The second-order valence-electron chi connectivity index (χ2n) is 6.48. The molecule has 1 aliphatic rings. The highest BCUT2D eigenvalue weighted by Gasteiger charge is 2.35. The molecule has 2 atom stereocenters. The predicted molar refractivity (Wildman–Crippen MR) is 87.3 cm³/mol. The van der Waals surface area contributed by atoms with E-state index in [1.807, 2.05) is 22.4 Å². The van der Waals surface area contributed by atoms with Gasteiger partial charge in [0.25, 0.3) is 0 Å². The van der Waals surface area contributed by atoms with Crippen molar-refractivity contribution in [2.75, 3.05) is 13.1 Å². The lowest BCUT2D eigenvalue weighted by Gasteiger charge is -2.43. The van der Waals surface area contributed by atoms with Crippen LogP contribution in [-0.4, -0.2) is 36.0 Å². The minimum Gasteiger partial charge on any atom is -0.352 e. The molecule has 1 aliphatic heterocycles. The third kappa shape index (κ3) is 3.98. The summed E-state index contributed by atoms with van der Waals surface area (Å²) in [6.07, 6.45) is 1.01. The van der Waals surface area contributed by atoms with Gasteiger partial charge in [-0.2, -0.15) is 0 Å². The molecule has 2 unspecified atom stereocenters. The third-order valence-corrected chi connectivity index (χ3v) is 5.23. The van der Waals surface area contributed by atoms with Crippen LogP contribution in [0.3, 0.4) is 0 Å². The average Bonchev–Trinajstić information content (AvgIpc) is 2.94. The lowest BCUT2D eigenvalue weighted by molar-refractivity contribution is -0.135. The quantitative estimate of drug-likeness (QED) is 0.781. The summed E-state index contributed by atoms with van der Waals surface area (Å²) in [6.45, 7) is 5.46. The highest BCUT2D eigenvalue weighted by molar-refractivity contribution is 7.10. The summed E-state index contributed by atoms with van der Waals surface area (Å²) in [7, 11) is 0. The van der Waals surface area contributed by atoms with Crippen molar-refractivity contribution >= 4 is 23.3 Å². The Hall–Kier alpha value is -1.60. The molecule has 5 N–H and O–H groups in total. The summed E-state index contributed by atoms with van der Waals surface area (Å²) in [5.74, 6) is 0.0205. The van der Waals surface area contributed by atoms with E-state index < -0.39 is 6.03 Å². The van der Waals surface area contributed by atoms with Crippen molar-refractivity contribution in [3.63, 3.8) is 0 Å². The Morgan fingerprint density at radius 2 is 2.27 bits per heavy atom. The van der Waals surface area contributed by atoms with Gasteiger partial charge in [0.05, 0.1) is 12.5 Å². The molecule has 0 saturated carbocycles. The number of nitrogens with one attached hydrogen (secondary N) is 1. The molecule has 7 heteroatoms. The maximum atomic E-state index is 12.6. The van der Waals surface area contributed by atoms with E-state index in [1.165, 1.54) is 11.3 Å². The normalized spacial score (nSPS) is 22.1. The first kappa shape index (κ1) is 16.8. The number of hydrogen-bond acceptors (Lipinski definition) is 4. The van der Waals surface area contributed by atoms with Gasteiger partial charge in [-0.3, -0.25) is 4.79 Å². The van der Waals surface area contributed by atoms with E-state index in [-0.39, 0.29) is 29.8 Å². The van der Waals surface area contributed by atoms with Crippen molar-refractivity contribution in [3.8, 4) is 0 Å². The second kappa shape index (κ2) is 6.66. The molecule has 6 nitrogen and oxygen atoms in total. The van der Waals surface area contributed by atoms with E-state index in [9.17, 15) is 9.59 Å². The Kier molecular flexibility index (Phi) is 5.08. The lowest BCUT2D eigenvalue weighted by atomic mass is 9.79. The van der Waals surface area contributed by atoms with Crippen LogP contribution in [0.15, 0.2) is 17.5 Å². The van der Waals surface area contributed by atoms with E-state index in [0.29, 0.717) is 13.1 Å². The maximum absolute atomic E-state index is 12.6. The van der Waals surface area contributed by atoms with Gasteiger partial charge in [0.15, 0.2) is 0 Å². The Bertz CT molecular complexity index is 530. The maximum Gasteiger partial charge on any atom is 0.312 e. The van der Waals surface area contributed by atoms with Crippen molar-refractivity contribution in [1.82, 2.24) is 10.2 Å². The zero-order valence-electron chi connectivity index (χ0n) is 13.0. The fourth-order valence-corrected chi connectivity index (χ4v) is 3.55. The van der Waals surface area contributed by atoms with Crippen LogP contribution in [0, 0.1) is 5.41 Å². The molecule has 0 spiro atoms.